The number of anilines is 1. The van der Waals surface area contributed by atoms with Crippen molar-refractivity contribution in [3.05, 3.63) is 18.2 Å². The average molecular weight is 363 g/mol. The molecule has 0 saturated heterocycles. The van der Waals surface area contributed by atoms with Crippen molar-refractivity contribution in [2.75, 3.05) is 32.6 Å². The number of hydrogen-bond acceptors (Lipinski definition) is 5. The van der Waals surface area contributed by atoms with Crippen molar-refractivity contribution >= 4 is 17.5 Å². The molecule has 0 spiro atoms. The van der Waals surface area contributed by atoms with Crippen LogP contribution in [0.3, 0.4) is 0 Å². The Morgan fingerprint density at radius 1 is 1.04 bits per heavy atom. The summed E-state index contributed by atoms with van der Waals surface area (Å²) in [5, 5.41) is 5.43. The van der Waals surface area contributed by atoms with Crippen LogP contribution in [0.5, 0.6) is 11.5 Å². The van der Waals surface area contributed by atoms with Gasteiger partial charge in [-0.15, -0.1) is 0 Å². The minimum absolute atomic E-state index is 0.0843. The molecule has 2 rings (SSSR count). The Hall–Kier alpha value is -2.28. The van der Waals surface area contributed by atoms with E-state index in [4.69, 9.17) is 15.2 Å². The molecule has 7 heteroatoms. The highest BCUT2D eigenvalue weighted by Crippen LogP contribution is 2.38. The molecule has 1 aliphatic carbocycles. The van der Waals surface area contributed by atoms with Crippen molar-refractivity contribution in [1.82, 2.24) is 5.32 Å². The van der Waals surface area contributed by atoms with Gasteiger partial charge in [0.25, 0.3) is 0 Å². The molecule has 26 heavy (non-hydrogen) atoms. The third-order valence-corrected chi connectivity index (χ3v) is 4.96. The maximum absolute atomic E-state index is 12.2. The molecule has 1 aromatic carbocycles. The van der Waals surface area contributed by atoms with Crippen LogP contribution in [-0.4, -0.2) is 39.1 Å². The molecule has 0 atom stereocenters. The van der Waals surface area contributed by atoms with E-state index in [1.54, 1.807) is 32.4 Å². The second-order valence-electron chi connectivity index (χ2n) is 6.87. The normalized spacial score (nSPS) is 15.8. The summed E-state index contributed by atoms with van der Waals surface area (Å²) < 4.78 is 10.3. The van der Waals surface area contributed by atoms with Gasteiger partial charge in [0, 0.05) is 30.3 Å². The molecule has 144 valence electrons. The summed E-state index contributed by atoms with van der Waals surface area (Å²) in [6.45, 7) is 0.426. The molecule has 1 aliphatic rings. The molecular weight excluding hydrogens is 334 g/mol. The van der Waals surface area contributed by atoms with Gasteiger partial charge in [-0.1, -0.05) is 19.3 Å². The SMILES string of the molecule is COc1cc(NC(=O)CNC(=O)CC2(CN)CCCCC2)cc(OC)c1. The van der Waals surface area contributed by atoms with E-state index in [-0.39, 0.29) is 23.8 Å². The first-order chi connectivity index (χ1) is 12.5. The average Bonchev–Trinajstić information content (AvgIpc) is 2.66. The molecule has 4 N–H and O–H groups in total. The van der Waals surface area contributed by atoms with Crippen LogP contribution in [0.4, 0.5) is 5.69 Å². The highest BCUT2D eigenvalue weighted by Gasteiger charge is 2.32. The third kappa shape index (κ3) is 5.62. The molecule has 1 fully saturated rings. The zero-order valence-corrected chi connectivity index (χ0v) is 15.6. The Morgan fingerprint density at radius 3 is 2.19 bits per heavy atom. The topological polar surface area (TPSA) is 103 Å². The molecule has 0 aromatic heterocycles. The molecule has 7 nitrogen and oxygen atoms in total. The number of methoxy groups -OCH3 is 2. The van der Waals surface area contributed by atoms with E-state index in [0.717, 1.165) is 25.7 Å². The number of benzene rings is 1. The molecule has 0 radical (unpaired) electrons. The summed E-state index contributed by atoms with van der Waals surface area (Å²) in [5.41, 5.74) is 6.35. The third-order valence-electron chi connectivity index (χ3n) is 4.96. The van der Waals surface area contributed by atoms with Crippen LogP contribution in [0, 0.1) is 5.41 Å². The van der Waals surface area contributed by atoms with Gasteiger partial charge in [0.15, 0.2) is 0 Å². The van der Waals surface area contributed by atoms with Gasteiger partial charge in [0.05, 0.1) is 20.8 Å². The van der Waals surface area contributed by atoms with Gasteiger partial charge in [-0.25, -0.2) is 0 Å². The van der Waals surface area contributed by atoms with E-state index in [0.29, 0.717) is 30.2 Å². The number of rotatable bonds is 8. The van der Waals surface area contributed by atoms with E-state index >= 15 is 0 Å². The molecule has 0 bridgehead atoms. The first kappa shape index (κ1) is 20.0. The van der Waals surface area contributed by atoms with Crippen molar-refractivity contribution in [2.45, 2.75) is 38.5 Å². The number of hydrogen-bond donors (Lipinski definition) is 3. The smallest absolute Gasteiger partial charge is 0.243 e. The fourth-order valence-electron chi connectivity index (χ4n) is 3.42. The lowest BCUT2D eigenvalue weighted by Gasteiger charge is -2.35. The molecule has 0 aliphatic heterocycles. The van der Waals surface area contributed by atoms with Crippen molar-refractivity contribution in [3.8, 4) is 11.5 Å². The summed E-state index contributed by atoms with van der Waals surface area (Å²) in [5.74, 6) is 0.714. The van der Waals surface area contributed by atoms with Crippen LogP contribution in [0.2, 0.25) is 0 Å². The predicted molar refractivity (Wildman–Crippen MR) is 100 cm³/mol. The summed E-state index contributed by atoms with van der Waals surface area (Å²) in [6.07, 6.45) is 5.77. The lowest BCUT2D eigenvalue weighted by Crippen LogP contribution is -2.40. The molecule has 1 saturated carbocycles. The molecular formula is C19H29N3O4. The zero-order chi connectivity index (χ0) is 19.0. The van der Waals surface area contributed by atoms with Gasteiger partial charge in [-0.2, -0.15) is 0 Å². The van der Waals surface area contributed by atoms with Crippen molar-refractivity contribution < 1.29 is 19.1 Å². The number of nitrogens with two attached hydrogens (primary N) is 1. The van der Waals surface area contributed by atoms with E-state index in [2.05, 4.69) is 10.6 Å². The maximum Gasteiger partial charge on any atom is 0.243 e. The van der Waals surface area contributed by atoms with Crippen molar-refractivity contribution in [2.24, 2.45) is 11.1 Å². The van der Waals surface area contributed by atoms with E-state index in [9.17, 15) is 9.59 Å². The van der Waals surface area contributed by atoms with Gasteiger partial charge in [0.1, 0.15) is 11.5 Å². The Bertz CT molecular complexity index is 605. The van der Waals surface area contributed by atoms with Crippen molar-refractivity contribution in [3.63, 3.8) is 0 Å². The predicted octanol–water partition coefficient (Wildman–Crippen LogP) is 2.06. The summed E-state index contributed by atoms with van der Waals surface area (Å²) >= 11 is 0. The quantitative estimate of drug-likeness (QED) is 0.656. The van der Waals surface area contributed by atoms with E-state index in [1.807, 2.05) is 0 Å². The number of carbonyl (C=O) groups is 2. The summed E-state index contributed by atoms with van der Waals surface area (Å²) in [4.78, 5) is 24.4. The molecule has 1 aromatic rings. The molecule has 0 heterocycles. The minimum Gasteiger partial charge on any atom is -0.497 e. The van der Waals surface area contributed by atoms with E-state index in [1.165, 1.54) is 6.42 Å². The highest BCUT2D eigenvalue weighted by molar-refractivity contribution is 5.94. The number of carbonyl (C=O) groups excluding carboxylic acids is 2. The fourth-order valence-corrected chi connectivity index (χ4v) is 3.42. The number of nitrogens with one attached hydrogen (secondary N) is 2. The lowest BCUT2D eigenvalue weighted by atomic mass is 9.71. The second-order valence-corrected chi connectivity index (χ2v) is 6.87. The standard InChI is InChI=1S/C19H29N3O4/c1-25-15-8-14(9-16(10-15)26-2)22-18(24)12-21-17(23)11-19(13-20)6-4-3-5-7-19/h8-10H,3-7,11-13,20H2,1-2H3,(H,21,23)(H,22,24). The van der Waals surface area contributed by atoms with Gasteiger partial charge in [-0.3, -0.25) is 9.59 Å². The van der Waals surface area contributed by atoms with Crippen LogP contribution >= 0.6 is 0 Å². The summed E-state index contributed by atoms with van der Waals surface area (Å²) in [6, 6.07) is 5.09. The Labute approximate surface area is 154 Å². The van der Waals surface area contributed by atoms with Gasteiger partial charge < -0.3 is 25.8 Å². The van der Waals surface area contributed by atoms with Crippen LogP contribution in [0.1, 0.15) is 38.5 Å². The lowest BCUT2D eigenvalue weighted by molar-refractivity contribution is -0.126. The first-order valence-electron chi connectivity index (χ1n) is 9.00. The zero-order valence-electron chi connectivity index (χ0n) is 15.6. The molecule has 2 amide bonds. The monoisotopic (exact) mass is 363 g/mol. The maximum atomic E-state index is 12.2. The van der Waals surface area contributed by atoms with E-state index < -0.39 is 0 Å². The van der Waals surface area contributed by atoms with Crippen LogP contribution in [0.15, 0.2) is 18.2 Å². The van der Waals surface area contributed by atoms with Gasteiger partial charge >= 0.3 is 0 Å². The van der Waals surface area contributed by atoms with Crippen LogP contribution in [-0.2, 0) is 9.59 Å². The number of ether oxygens (including phenoxy) is 2. The second kappa shape index (κ2) is 9.43. The number of amides is 2. The minimum atomic E-state index is -0.306. The fraction of sp³-hybridized carbons (Fsp3) is 0.579. The Balaban J connectivity index is 1.85. The molecule has 0 unspecified atom stereocenters. The Morgan fingerprint density at radius 2 is 1.65 bits per heavy atom. The Kier molecular flexibility index (Phi) is 7.26. The van der Waals surface area contributed by atoms with Crippen LogP contribution in [0.25, 0.3) is 0 Å². The van der Waals surface area contributed by atoms with Gasteiger partial charge in [0.2, 0.25) is 11.8 Å². The van der Waals surface area contributed by atoms with Crippen molar-refractivity contribution in [1.29, 1.82) is 0 Å². The largest absolute Gasteiger partial charge is 0.497 e. The van der Waals surface area contributed by atoms with Crippen LogP contribution < -0.4 is 25.8 Å². The van der Waals surface area contributed by atoms with Gasteiger partial charge in [-0.05, 0) is 24.8 Å². The highest BCUT2D eigenvalue weighted by atomic mass is 16.5. The summed E-state index contributed by atoms with van der Waals surface area (Å²) in [7, 11) is 3.08. The first-order valence-corrected chi connectivity index (χ1v) is 9.00.